The van der Waals surface area contributed by atoms with Crippen LogP contribution in [0.4, 0.5) is 37.7 Å². The van der Waals surface area contributed by atoms with Crippen molar-refractivity contribution in [2.75, 3.05) is 16.2 Å². The van der Waals surface area contributed by atoms with Crippen molar-refractivity contribution in [1.82, 2.24) is 0 Å². The first-order chi connectivity index (χ1) is 16.8. The van der Waals surface area contributed by atoms with Gasteiger partial charge in [0.1, 0.15) is 0 Å². The molecule has 0 fully saturated rings. The molecule has 190 valence electrons. The van der Waals surface area contributed by atoms with Gasteiger partial charge in [-0.1, -0.05) is 24.3 Å². The van der Waals surface area contributed by atoms with Gasteiger partial charge in [-0.2, -0.15) is 26.3 Å². The van der Waals surface area contributed by atoms with Gasteiger partial charge in [0.25, 0.3) is 15.9 Å². The number of amides is 1. The number of hydrogen-bond acceptors (Lipinski definition) is 3. The van der Waals surface area contributed by atoms with Crippen molar-refractivity contribution in [2.24, 2.45) is 0 Å². The Morgan fingerprint density at radius 2 is 1.44 bits per heavy atom. The Hall–Kier alpha value is -3.54. The van der Waals surface area contributed by atoms with Crippen LogP contribution in [0.15, 0.2) is 71.6 Å². The fraction of sp³-hybridized carbons (Fsp3) is 0.208. The average Bonchev–Trinajstić information content (AvgIpc) is 2.82. The smallest absolute Gasteiger partial charge is 0.322 e. The number of hydrogen-bond donors (Lipinski definition) is 1. The lowest BCUT2D eigenvalue weighted by Crippen LogP contribution is -2.35. The van der Waals surface area contributed by atoms with Crippen LogP contribution < -0.4 is 9.62 Å². The van der Waals surface area contributed by atoms with Gasteiger partial charge >= 0.3 is 12.4 Å². The lowest BCUT2D eigenvalue weighted by molar-refractivity contribution is -0.143. The second kappa shape index (κ2) is 9.16. The molecule has 0 atom stereocenters. The first-order valence-electron chi connectivity index (χ1n) is 10.6. The molecule has 0 unspecified atom stereocenters. The molecule has 1 amide bonds. The van der Waals surface area contributed by atoms with Gasteiger partial charge in [0.2, 0.25) is 0 Å². The van der Waals surface area contributed by atoms with Crippen molar-refractivity contribution in [3.05, 3.63) is 89.0 Å². The standard InChI is InChI=1S/C24H18F6N2O3S/c25-23(26,27)17-11-16(12-18(13-17)24(28,29)30)22(33)31-19-9-8-15-5-4-10-32(21(15)14-19)36(34,35)20-6-2-1-3-7-20/h1-3,6-9,11-14H,4-5,10H2,(H,31,33). The monoisotopic (exact) mass is 528 g/mol. The lowest BCUT2D eigenvalue weighted by atomic mass is 10.0. The highest BCUT2D eigenvalue weighted by molar-refractivity contribution is 7.92. The minimum Gasteiger partial charge on any atom is -0.322 e. The van der Waals surface area contributed by atoms with Crippen LogP contribution in [0.2, 0.25) is 0 Å². The third-order valence-corrected chi connectivity index (χ3v) is 7.43. The maximum atomic E-state index is 13.2. The number of halogens is 6. The number of nitrogens with one attached hydrogen (secondary N) is 1. The summed E-state index contributed by atoms with van der Waals surface area (Å²) in [6, 6.07) is 12.6. The molecule has 0 saturated heterocycles. The van der Waals surface area contributed by atoms with E-state index in [0.29, 0.717) is 30.5 Å². The molecular formula is C24H18F6N2O3S. The molecule has 4 rings (SSSR count). The number of aryl methyl sites for hydroxylation is 1. The Kier molecular flexibility index (Phi) is 6.50. The molecule has 0 saturated carbocycles. The van der Waals surface area contributed by atoms with Crippen molar-refractivity contribution < 1.29 is 39.6 Å². The molecular weight excluding hydrogens is 510 g/mol. The Balaban J connectivity index is 1.68. The number of fused-ring (bicyclic) bond motifs is 1. The normalized spacial score (nSPS) is 14.3. The van der Waals surface area contributed by atoms with Crippen LogP contribution >= 0.6 is 0 Å². The van der Waals surface area contributed by atoms with E-state index in [-0.39, 0.29) is 28.9 Å². The highest BCUT2D eigenvalue weighted by atomic mass is 32.2. The van der Waals surface area contributed by atoms with E-state index in [1.54, 1.807) is 24.3 Å². The zero-order valence-electron chi connectivity index (χ0n) is 18.3. The average molecular weight is 528 g/mol. The van der Waals surface area contributed by atoms with E-state index in [0.717, 1.165) is 0 Å². The highest BCUT2D eigenvalue weighted by Gasteiger charge is 2.37. The summed E-state index contributed by atoms with van der Waals surface area (Å²) in [6.45, 7) is 0.157. The van der Waals surface area contributed by atoms with Gasteiger partial charge in [0.05, 0.1) is 21.7 Å². The van der Waals surface area contributed by atoms with Crippen molar-refractivity contribution in [1.29, 1.82) is 0 Å². The summed E-state index contributed by atoms with van der Waals surface area (Å²) in [5.41, 5.74) is -3.13. The van der Waals surface area contributed by atoms with Gasteiger partial charge in [-0.25, -0.2) is 8.42 Å². The van der Waals surface area contributed by atoms with Crippen LogP contribution in [0.5, 0.6) is 0 Å². The minimum absolute atomic E-state index is 0.0138. The van der Waals surface area contributed by atoms with Crippen LogP contribution in [-0.4, -0.2) is 20.9 Å². The molecule has 3 aromatic carbocycles. The molecule has 36 heavy (non-hydrogen) atoms. The SMILES string of the molecule is O=C(Nc1ccc2c(c1)N(S(=O)(=O)c1ccccc1)CCC2)c1cc(C(F)(F)F)cc(C(F)(F)F)c1. The predicted molar refractivity (Wildman–Crippen MR) is 120 cm³/mol. The summed E-state index contributed by atoms with van der Waals surface area (Å²) in [7, 11) is -3.95. The first-order valence-corrected chi connectivity index (χ1v) is 12.0. The van der Waals surface area contributed by atoms with Gasteiger partial charge in [-0.15, -0.1) is 0 Å². The van der Waals surface area contributed by atoms with Crippen LogP contribution in [0.1, 0.15) is 33.5 Å². The number of benzene rings is 3. The van der Waals surface area contributed by atoms with Crippen LogP contribution in [-0.2, 0) is 28.8 Å². The van der Waals surface area contributed by atoms with Gasteiger partial charge in [0, 0.05) is 17.8 Å². The fourth-order valence-electron chi connectivity index (χ4n) is 3.88. The molecule has 1 heterocycles. The largest absolute Gasteiger partial charge is 0.416 e. The topological polar surface area (TPSA) is 66.5 Å². The number of rotatable bonds is 4. The summed E-state index contributed by atoms with van der Waals surface area (Å²) >= 11 is 0. The van der Waals surface area contributed by atoms with Gasteiger partial charge < -0.3 is 5.32 Å². The second-order valence-corrected chi connectivity index (χ2v) is 9.95. The van der Waals surface area contributed by atoms with Gasteiger partial charge in [-0.05, 0) is 60.9 Å². The third kappa shape index (κ3) is 5.18. The van der Waals surface area contributed by atoms with Crippen molar-refractivity contribution in [3.8, 4) is 0 Å². The molecule has 0 aromatic heterocycles. The maximum Gasteiger partial charge on any atom is 0.416 e. The summed E-state index contributed by atoms with van der Waals surface area (Å²) in [6.07, 6.45) is -9.12. The lowest BCUT2D eigenvalue weighted by Gasteiger charge is -2.31. The zero-order chi connectivity index (χ0) is 26.3. The van der Waals surface area contributed by atoms with Gasteiger partial charge in [0.15, 0.2) is 0 Å². The molecule has 12 heteroatoms. The Bertz CT molecular complexity index is 1370. The Labute approximate surface area is 202 Å². The number of sulfonamides is 1. The molecule has 3 aromatic rings. The van der Waals surface area contributed by atoms with Crippen LogP contribution in [0.3, 0.4) is 0 Å². The molecule has 1 N–H and O–H groups in total. The number of carbonyl (C=O) groups excluding carboxylic acids is 1. The highest BCUT2D eigenvalue weighted by Crippen LogP contribution is 2.37. The predicted octanol–water partition coefficient (Wildman–Crippen LogP) is 6.12. The summed E-state index contributed by atoms with van der Waals surface area (Å²) in [4.78, 5) is 12.7. The Morgan fingerprint density at radius 1 is 0.833 bits per heavy atom. The fourth-order valence-corrected chi connectivity index (χ4v) is 5.43. The molecule has 1 aliphatic heterocycles. The van der Waals surface area contributed by atoms with E-state index < -0.39 is 45.0 Å². The second-order valence-electron chi connectivity index (χ2n) is 8.09. The molecule has 0 aliphatic carbocycles. The molecule has 0 radical (unpaired) electrons. The van der Waals surface area contributed by atoms with E-state index >= 15 is 0 Å². The Morgan fingerprint density at radius 3 is 2.03 bits per heavy atom. The van der Waals surface area contributed by atoms with E-state index in [2.05, 4.69) is 5.32 Å². The number of carbonyl (C=O) groups is 1. The minimum atomic E-state index is -5.10. The summed E-state index contributed by atoms with van der Waals surface area (Å²) in [5.74, 6) is -1.21. The third-order valence-electron chi connectivity index (χ3n) is 5.60. The number of anilines is 2. The van der Waals surface area contributed by atoms with Crippen LogP contribution in [0, 0.1) is 0 Å². The van der Waals surface area contributed by atoms with E-state index in [4.69, 9.17) is 0 Å². The van der Waals surface area contributed by atoms with Crippen molar-refractivity contribution in [2.45, 2.75) is 30.1 Å². The molecule has 0 spiro atoms. The van der Waals surface area contributed by atoms with Crippen molar-refractivity contribution in [3.63, 3.8) is 0 Å². The molecule has 1 aliphatic rings. The summed E-state index contributed by atoms with van der Waals surface area (Å²) in [5, 5.41) is 2.28. The van der Waals surface area contributed by atoms with Gasteiger partial charge in [-0.3, -0.25) is 9.10 Å². The zero-order valence-corrected chi connectivity index (χ0v) is 19.1. The van der Waals surface area contributed by atoms with Crippen LogP contribution in [0.25, 0.3) is 0 Å². The first kappa shape index (κ1) is 25.5. The number of alkyl halides is 6. The quantitative estimate of drug-likeness (QED) is 0.415. The molecule has 5 nitrogen and oxygen atoms in total. The van der Waals surface area contributed by atoms with E-state index in [1.165, 1.54) is 28.6 Å². The number of nitrogens with zero attached hydrogens (tertiary/aromatic N) is 1. The van der Waals surface area contributed by atoms with Crippen molar-refractivity contribution >= 4 is 27.3 Å². The molecule has 0 bridgehead atoms. The van der Waals surface area contributed by atoms with E-state index in [9.17, 15) is 39.6 Å². The van der Waals surface area contributed by atoms with E-state index in [1.807, 2.05) is 0 Å². The summed E-state index contributed by atoms with van der Waals surface area (Å²) < 4.78 is 106. The maximum absolute atomic E-state index is 13.2.